The summed E-state index contributed by atoms with van der Waals surface area (Å²) in [4.78, 5) is 35.5. The number of carbonyl (C=O) groups excluding carboxylic acids is 3. The van der Waals surface area contributed by atoms with Crippen LogP contribution < -0.4 is 16.8 Å². The maximum absolute atomic E-state index is 12.1. The van der Waals surface area contributed by atoms with E-state index in [4.69, 9.17) is 16.9 Å². The van der Waals surface area contributed by atoms with E-state index in [1.165, 1.54) is 0 Å². The lowest BCUT2D eigenvalue weighted by molar-refractivity contribution is -0.130. The summed E-state index contributed by atoms with van der Waals surface area (Å²) in [5, 5.41) is 10.00. The van der Waals surface area contributed by atoms with Gasteiger partial charge in [0.2, 0.25) is 11.8 Å². The van der Waals surface area contributed by atoms with E-state index in [1.54, 1.807) is 0 Å². The van der Waals surface area contributed by atoms with Crippen molar-refractivity contribution in [3.8, 4) is 0 Å². The Morgan fingerprint density at radius 3 is 2.56 bits per heavy atom. The Bertz CT molecular complexity index is 591. The van der Waals surface area contributed by atoms with E-state index in [-0.39, 0.29) is 25.4 Å². The molecule has 8 heteroatoms. The van der Waals surface area contributed by atoms with Crippen molar-refractivity contribution in [1.82, 2.24) is 10.2 Å². The van der Waals surface area contributed by atoms with Crippen LogP contribution in [0, 0.1) is 5.41 Å². The molecule has 0 aliphatic carbocycles. The molecule has 0 aliphatic heterocycles. The third kappa shape index (κ3) is 8.07. The van der Waals surface area contributed by atoms with Crippen molar-refractivity contribution in [2.24, 2.45) is 11.5 Å². The van der Waals surface area contributed by atoms with E-state index in [9.17, 15) is 14.4 Å². The second-order valence-corrected chi connectivity index (χ2v) is 5.64. The smallest absolute Gasteiger partial charge is 0.248 e. The monoisotopic (exact) mass is 347 g/mol. The molecule has 0 fully saturated rings. The van der Waals surface area contributed by atoms with Gasteiger partial charge >= 0.3 is 0 Å². The first-order chi connectivity index (χ1) is 11.9. The van der Waals surface area contributed by atoms with Crippen molar-refractivity contribution in [2.75, 3.05) is 13.1 Å². The Kier molecular flexibility index (Phi) is 8.87. The van der Waals surface area contributed by atoms with Gasteiger partial charge in [0.25, 0.3) is 0 Å². The zero-order valence-electron chi connectivity index (χ0n) is 14.1. The number of nitrogens with zero attached hydrogens (tertiary/aromatic N) is 1. The first-order valence-corrected chi connectivity index (χ1v) is 8.10. The molecule has 136 valence electrons. The summed E-state index contributed by atoms with van der Waals surface area (Å²) in [5.74, 6) is -1.12. The standard InChI is InChI=1S/C17H25N5O3/c18-14(12-23)7-4-10-22(17(19)20)16(25)11-21-15(24)9-8-13-5-2-1-3-6-13/h1-3,5-6,12,14H,4,7-11,18H2,(H3,19,20)(H,21,24)/t14-/m0/s1. The lowest BCUT2D eigenvalue weighted by Crippen LogP contribution is -2.47. The van der Waals surface area contributed by atoms with E-state index < -0.39 is 17.9 Å². The molecular weight excluding hydrogens is 322 g/mol. The molecule has 6 N–H and O–H groups in total. The molecule has 0 heterocycles. The Labute approximate surface area is 147 Å². The first-order valence-electron chi connectivity index (χ1n) is 8.10. The van der Waals surface area contributed by atoms with Crippen LogP contribution in [0.3, 0.4) is 0 Å². The van der Waals surface area contributed by atoms with Crippen LogP contribution in [0.15, 0.2) is 30.3 Å². The second kappa shape index (κ2) is 10.9. The maximum atomic E-state index is 12.1. The second-order valence-electron chi connectivity index (χ2n) is 5.64. The minimum absolute atomic E-state index is 0.176. The third-order valence-corrected chi connectivity index (χ3v) is 3.61. The fraction of sp³-hybridized carbons (Fsp3) is 0.412. The number of benzene rings is 1. The van der Waals surface area contributed by atoms with Crippen LogP contribution in [0.1, 0.15) is 24.8 Å². The van der Waals surface area contributed by atoms with Crippen molar-refractivity contribution >= 4 is 24.1 Å². The first kappa shape index (κ1) is 20.3. The summed E-state index contributed by atoms with van der Waals surface area (Å²) in [6, 6.07) is 8.97. The third-order valence-electron chi connectivity index (χ3n) is 3.61. The molecule has 0 aliphatic rings. The van der Waals surface area contributed by atoms with Gasteiger partial charge < -0.3 is 21.6 Å². The highest BCUT2D eigenvalue weighted by Gasteiger charge is 2.17. The van der Waals surface area contributed by atoms with Crippen LogP contribution in [0.25, 0.3) is 0 Å². The lowest BCUT2D eigenvalue weighted by atomic mass is 10.1. The summed E-state index contributed by atoms with van der Waals surface area (Å²) in [5.41, 5.74) is 11.9. The average Bonchev–Trinajstić information content (AvgIpc) is 2.61. The fourth-order valence-corrected chi connectivity index (χ4v) is 2.19. The predicted octanol–water partition coefficient (Wildman–Crippen LogP) is -0.236. The molecule has 1 aromatic carbocycles. The van der Waals surface area contributed by atoms with Gasteiger partial charge in [0.15, 0.2) is 5.96 Å². The van der Waals surface area contributed by atoms with Crippen molar-refractivity contribution in [2.45, 2.75) is 31.7 Å². The molecule has 1 aromatic rings. The van der Waals surface area contributed by atoms with Crippen LogP contribution >= 0.6 is 0 Å². The molecule has 0 bridgehead atoms. The molecule has 0 saturated heterocycles. The highest BCUT2D eigenvalue weighted by molar-refractivity contribution is 5.97. The molecule has 1 rings (SSSR count). The summed E-state index contributed by atoms with van der Waals surface area (Å²) in [7, 11) is 0. The molecule has 1 atom stereocenters. The lowest BCUT2D eigenvalue weighted by Gasteiger charge is -2.21. The van der Waals surface area contributed by atoms with E-state index in [0.717, 1.165) is 10.5 Å². The zero-order chi connectivity index (χ0) is 18.7. The number of hydrogen-bond donors (Lipinski definition) is 4. The average molecular weight is 347 g/mol. The molecule has 0 saturated carbocycles. The molecule has 8 nitrogen and oxygen atoms in total. The van der Waals surface area contributed by atoms with Crippen molar-refractivity contribution < 1.29 is 14.4 Å². The Morgan fingerprint density at radius 2 is 1.96 bits per heavy atom. The molecule has 0 aromatic heterocycles. The number of nitrogens with two attached hydrogens (primary N) is 2. The summed E-state index contributed by atoms with van der Waals surface area (Å²) >= 11 is 0. The Balaban J connectivity index is 2.36. The number of nitrogens with one attached hydrogen (secondary N) is 2. The number of amides is 2. The Morgan fingerprint density at radius 1 is 1.28 bits per heavy atom. The van der Waals surface area contributed by atoms with Gasteiger partial charge in [-0.25, -0.2) is 0 Å². The number of carbonyl (C=O) groups is 3. The number of rotatable bonds is 10. The van der Waals surface area contributed by atoms with Gasteiger partial charge in [-0.15, -0.1) is 0 Å². The molecule has 0 spiro atoms. The van der Waals surface area contributed by atoms with Crippen molar-refractivity contribution in [3.05, 3.63) is 35.9 Å². The maximum Gasteiger partial charge on any atom is 0.248 e. The van der Waals surface area contributed by atoms with Gasteiger partial charge in [0, 0.05) is 13.0 Å². The van der Waals surface area contributed by atoms with Gasteiger partial charge in [-0.05, 0) is 24.8 Å². The van der Waals surface area contributed by atoms with Gasteiger partial charge in [-0.2, -0.15) is 0 Å². The SMILES string of the molecule is N=C(N)N(CCC[C@H](N)C=O)C(=O)CNC(=O)CCc1ccccc1. The minimum Gasteiger partial charge on any atom is -0.370 e. The molecular formula is C17H25N5O3. The summed E-state index contributed by atoms with van der Waals surface area (Å²) < 4.78 is 0. The van der Waals surface area contributed by atoms with Crippen molar-refractivity contribution in [1.29, 1.82) is 5.41 Å². The van der Waals surface area contributed by atoms with Gasteiger partial charge in [0.1, 0.15) is 6.29 Å². The number of hydrogen-bond acceptors (Lipinski definition) is 5. The van der Waals surface area contributed by atoms with E-state index in [2.05, 4.69) is 5.32 Å². The predicted molar refractivity (Wildman–Crippen MR) is 94.7 cm³/mol. The van der Waals surface area contributed by atoms with E-state index in [1.807, 2.05) is 30.3 Å². The highest BCUT2D eigenvalue weighted by atomic mass is 16.2. The van der Waals surface area contributed by atoms with Gasteiger partial charge in [-0.3, -0.25) is 19.9 Å². The highest BCUT2D eigenvalue weighted by Crippen LogP contribution is 2.02. The summed E-state index contributed by atoms with van der Waals surface area (Å²) in [6.07, 6.45) is 2.32. The van der Waals surface area contributed by atoms with E-state index >= 15 is 0 Å². The van der Waals surface area contributed by atoms with Crippen LogP contribution in [-0.4, -0.2) is 48.1 Å². The fourth-order valence-electron chi connectivity index (χ4n) is 2.19. The quantitative estimate of drug-likeness (QED) is 0.262. The zero-order valence-corrected chi connectivity index (χ0v) is 14.1. The molecule has 0 radical (unpaired) electrons. The van der Waals surface area contributed by atoms with Crippen LogP contribution in [0.5, 0.6) is 0 Å². The van der Waals surface area contributed by atoms with Gasteiger partial charge in [0.05, 0.1) is 12.6 Å². The number of aryl methyl sites for hydroxylation is 1. The molecule has 0 unspecified atom stereocenters. The topological polar surface area (TPSA) is 142 Å². The van der Waals surface area contributed by atoms with E-state index in [0.29, 0.717) is 25.5 Å². The summed E-state index contributed by atoms with van der Waals surface area (Å²) in [6.45, 7) is -0.0530. The molecule has 2 amide bonds. The number of aldehydes is 1. The van der Waals surface area contributed by atoms with Crippen LogP contribution in [0.2, 0.25) is 0 Å². The largest absolute Gasteiger partial charge is 0.370 e. The van der Waals surface area contributed by atoms with Gasteiger partial charge in [-0.1, -0.05) is 30.3 Å². The van der Waals surface area contributed by atoms with Crippen LogP contribution in [-0.2, 0) is 20.8 Å². The minimum atomic E-state index is -0.596. The Hall–Kier alpha value is -2.74. The number of guanidine groups is 1. The van der Waals surface area contributed by atoms with Crippen molar-refractivity contribution in [3.63, 3.8) is 0 Å². The molecule has 25 heavy (non-hydrogen) atoms. The normalized spacial score (nSPS) is 11.4. The van der Waals surface area contributed by atoms with Crippen LogP contribution in [0.4, 0.5) is 0 Å².